The van der Waals surface area contributed by atoms with Crippen LogP contribution in [0, 0.1) is 0 Å². The maximum Gasteiger partial charge on any atom is 0.0792 e. The third-order valence-electron chi connectivity index (χ3n) is 4.29. The van der Waals surface area contributed by atoms with Gasteiger partial charge in [0.2, 0.25) is 0 Å². The quantitative estimate of drug-likeness (QED) is 0.552. The Balaban J connectivity index is 2.96. The van der Waals surface area contributed by atoms with Gasteiger partial charge in [-0.15, -0.1) is 0 Å². The minimum Gasteiger partial charge on any atom is -0.388 e. The maximum atomic E-state index is 10.5. The van der Waals surface area contributed by atoms with Crippen molar-refractivity contribution in [3.05, 3.63) is 46.1 Å². The summed E-state index contributed by atoms with van der Waals surface area (Å²) in [6, 6.07) is 0. The van der Waals surface area contributed by atoms with Gasteiger partial charge in [-0.2, -0.15) is 0 Å². The van der Waals surface area contributed by atoms with Gasteiger partial charge in [0.15, 0.2) is 0 Å². The fourth-order valence-corrected chi connectivity index (χ4v) is 2.77. The second kappa shape index (κ2) is 9.04. The van der Waals surface area contributed by atoms with Crippen LogP contribution in [-0.4, -0.2) is 11.2 Å². The van der Waals surface area contributed by atoms with Crippen molar-refractivity contribution in [3.63, 3.8) is 0 Å². The Bertz CT molecular complexity index is 456. The van der Waals surface area contributed by atoms with E-state index in [1.807, 2.05) is 0 Å². The summed E-state index contributed by atoms with van der Waals surface area (Å²) in [6.45, 7) is 10.8. The molecule has 21 heavy (non-hydrogen) atoms. The molecule has 1 nitrogen and oxygen atoms in total. The minimum atomic E-state index is -0.338. The van der Waals surface area contributed by atoms with E-state index in [2.05, 4.69) is 52.8 Å². The maximum absolute atomic E-state index is 10.5. The van der Waals surface area contributed by atoms with Gasteiger partial charge in [-0.1, -0.05) is 40.5 Å². The Morgan fingerprint density at radius 1 is 0.905 bits per heavy atom. The minimum absolute atomic E-state index is 0.338. The summed E-state index contributed by atoms with van der Waals surface area (Å²) in [5, 5.41) is 10.5. The highest BCUT2D eigenvalue weighted by molar-refractivity contribution is 5.22. The van der Waals surface area contributed by atoms with Gasteiger partial charge in [0.05, 0.1) is 6.10 Å². The van der Waals surface area contributed by atoms with Crippen LogP contribution in [-0.2, 0) is 0 Å². The molecule has 0 spiro atoms. The smallest absolute Gasteiger partial charge is 0.0792 e. The molecule has 1 N–H and O–H groups in total. The van der Waals surface area contributed by atoms with Crippen molar-refractivity contribution in [1.82, 2.24) is 0 Å². The third kappa shape index (κ3) is 6.95. The standard InChI is InChI=1S/C20H32O/c1-15(2)19-13-12-17(4)10-6-8-16(3)9-7-11-18(5)14-20(19)21/h8,11-12,20-21H,6-7,9-10,13-14H2,1-5H3/b16-8+,17-12+,18-11+/t20-/m0/s1. The van der Waals surface area contributed by atoms with E-state index in [0.29, 0.717) is 0 Å². The van der Waals surface area contributed by atoms with Crippen LogP contribution in [0.1, 0.15) is 73.1 Å². The largest absolute Gasteiger partial charge is 0.388 e. The zero-order valence-electron chi connectivity index (χ0n) is 14.5. The fourth-order valence-electron chi connectivity index (χ4n) is 2.77. The highest BCUT2D eigenvalue weighted by Crippen LogP contribution is 2.22. The van der Waals surface area contributed by atoms with Gasteiger partial charge in [-0.3, -0.25) is 0 Å². The molecule has 1 rings (SSSR count). The molecule has 118 valence electrons. The molecular weight excluding hydrogens is 256 g/mol. The van der Waals surface area contributed by atoms with Gasteiger partial charge in [0.1, 0.15) is 0 Å². The molecular formula is C20H32O. The summed E-state index contributed by atoms with van der Waals surface area (Å²) in [5.74, 6) is 0. The van der Waals surface area contributed by atoms with Crippen molar-refractivity contribution >= 4 is 0 Å². The predicted octanol–water partition coefficient (Wildman–Crippen LogP) is 5.88. The topological polar surface area (TPSA) is 20.2 Å². The molecule has 0 radical (unpaired) electrons. The molecule has 0 saturated carbocycles. The van der Waals surface area contributed by atoms with E-state index in [0.717, 1.165) is 38.5 Å². The van der Waals surface area contributed by atoms with Crippen LogP contribution in [0.4, 0.5) is 0 Å². The molecule has 0 aromatic rings. The zero-order chi connectivity index (χ0) is 15.8. The predicted molar refractivity (Wildman–Crippen MR) is 93.4 cm³/mol. The summed E-state index contributed by atoms with van der Waals surface area (Å²) in [4.78, 5) is 0. The molecule has 1 aliphatic carbocycles. The molecule has 1 heteroatoms. The van der Waals surface area contributed by atoms with Crippen LogP contribution in [0.15, 0.2) is 46.1 Å². The number of rotatable bonds is 0. The molecule has 0 unspecified atom stereocenters. The first-order valence-corrected chi connectivity index (χ1v) is 8.21. The average Bonchev–Trinajstić information content (AvgIpc) is 2.37. The summed E-state index contributed by atoms with van der Waals surface area (Å²) in [6.07, 6.45) is 12.7. The van der Waals surface area contributed by atoms with Crippen LogP contribution < -0.4 is 0 Å². The Kier molecular flexibility index (Phi) is 7.74. The van der Waals surface area contributed by atoms with E-state index in [1.165, 1.54) is 27.9 Å². The van der Waals surface area contributed by atoms with E-state index in [1.54, 1.807) is 0 Å². The first-order chi connectivity index (χ1) is 9.90. The highest BCUT2D eigenvalue weighted by Gasteiger charge is 2.12. The lowest BCUT2D eigenvalue weighted by atomic mass is 9.94. The molecule has 0 aliphatic heterocycles. The number of hydrogen-bond donors (Lipinski definition) is 1. The van der Waals surface area contributed by atoms with Crippen LogP contribution in [0.2, 0.25) is 0 Å². The second-order valence-electron chi connectivity index (χ2n) is 6.68. The molecule has 1 aliphatic rings. The second-order valence-corrected chi connectivity index (χ2v) is 6.68. The van der Waals surface area contributed by atoms with Crippen molar-refractivity contribution in [2.45, 2.75) is 79.2 Å². The summed E-state index contributed by atoms with van der Waals surface area (Å²) >= 11 is 0. The Morgan fingerprint density at radius 3 is 2.00 bits per heavy atom. The molecule has 0 saturated heterocycles. The van der Waals surface area contributed by atoms with Gasteiger partial charge in [-0.25, -0.2) is 0 Å². The molecule has 0 bridgehead atoms. The monoisotopic (exact) mass is 288 g/mol. The molecule has 1 atom stereocenters. The number of hydrogen-bond acceptors (Lipinski definition) is 1. The van der Waals surface area contributed by atoms with Crippen molar-refractivity contribution in [2.24, 2.45) is 0 Å². The lowest BCUT2D eigenvalue weighted by Gasteiger charge is -2.17. The van der Waals surface area contributed by atoms with Gasteiger partial charge >= 0.3 is 0 Å². The van der Waals surface area contributed by atoms with Crippen molar-refractivity contribution < 1.29 is 5.11 Å². The summed E-state index contributed by atoms with van der Waals surface area (Å²) in [5.41, 5.74) is 6.64. The van der Waals surface area contributed by atoms with Gasteiger partial charge in [0, 0.05) is 0 Å². The Labute approximate surface area is 131 Å². The molecule has 0 fully saturated rings. The summed E-state index contributed by atoms with van der Waals surface area (Å²) < 4.78 is 0. The van der Waals surface area contributed by atoms with Crippen molar-refractivity contribution in [3.8, 4) is 0 Å². The van der Waals surface area contributed by atoms with Crippen LogP contribution in [0.3, 0.4) is 0 Å². The molecule has 0 aromatic carbocycles. The molecule has 0 heterocycles. The van der Waals surface area contributed by atoms with Gasteiger partial charge in [0.25, 0.3) is 0 Å². The normalized spacial score (nSPS) is 30.3. The Hall–Kier alpha value is -1.08. The van der Waals surface area contributed by atoms with Gasteiger partial charge < -0.3 is 5.11 Å². The molecule has 0 aromatic heterocycles. The summed E-state index contributed by atoms with van der Waals surface area (Å²) in [7, 11) is 0. The van der Waals surface area contributed by atoms with Crippen molar-refractivity contribution in [2.75, 3.05) is 0 Å². The lowest BCUT2D eigenvalue weighted by molar-refractivity contribution is 0.207. The van der Waals surface area contributed by atoms with E-state index < -0.39 is 0 Å². The Morgan fingerprint density at radius 2 is 1.43 bits per heavy atom. The van der Waals surface area contributed by atoms with Gasteiger partial charge in [-0.05, 0) is 78.7 Å². The first-order valence-electron chi connectivity index (χ1n) is 8.21. The third-order valence-corrected chi connectivity index (χ3v) is 4.29. The van der Waals surface area contributed by atoms with Crippen molar-refractivity contribution in [1.29, 1.82) is 0 Å². The average molecular weight is 288 g/mol. The zero-order valence-corrected chi connectivity index (χ0v) is 14.5. The van der Waals surface area contributed by atoms with E-state index in [-0.39, 0.29) is 6.10 Å². The SMILES string of the molecule is CC(C)=C1C/C=C(\C)CC/C=C(\C)CC/C=C(\C)C[C@@H]1O. The number of aliphatic hydroxyl groups is 1. The number of aliphatic hydroxyl groups excluding tert-OH is 1. The van der Waals surface area contributed by atoms with E-state index >= 15 is 0 Å². The highest BCUT2D eigenvalue weighted by atomic mass is 16.3. The fraction of sp³-hybridized carbons (Fsp3) is 0.600. The first kappa shape index (κ1) is 18.0. The van der Waals surface area contributed by atoms with E-state index in [4.69, 9.17) is 0 Å². The number of allylic oxidation sites excluding steroid dienone is 6. The van der Waals surface area contributed by atoms with E-state index in [9.17, 15) is 5.11 Å². The van der Waals surface area contributed by atoms with Crippen LogP contribution >= 0.6 is 0 Å². The molecule has 0 amide bonds. The lowest BCUT2D eigenvalue weighted by Crippen LogP contribution is -2.12. The van der Waals surface area contributed by atoms with Crippen LogP contribution in [0.5, 0.6) is 0 Å². The van der Waals surface area contributed by atoms with Crippen LogP contribution in [0.25, 0.3) is 0 Å².